The van der Waals surface area contributed by atoms with Gasteiger partial charge in [-0.3, -0.25) is 9.80 Å². The van der Waals surface area contributed by atoms with Crippen LogP contribution in [0.1, 0.15) is 11.3 Å². The van der Waals surface area contributed by atoms with Gasteiger partial charge in [-0.2, -0.15) is 0 Å². The summed E-state index contributed by atoms with van der Waals surface area (Å²) in [6.07, 6.45) is 0. The van der Waals surface area contributed by atoms with Crippen molar-refractivity contribution in [3.63, 3.8) is 0 Å². The van der Waals surface area contributed by atoms with E-state index in [9.17, 15) is 4.39 Å². The number of H-pyrrole nitrogens is 1. The zero-order valence-corrected chi connectivity index (χ0v) is 12.9. The zero-order valence-electron chi connectivity index (χ0n) is 12.9. The number of rotatable bonds is 3. The fraction of sp³-hybridized carbons (Fsp3) is 0.529. The molecule has 1 aromatic heterocycles. The molecule has 0 saturated carbocycles. The summed E-state index contributed by atoms with van der Waals surface area (Å²) in [5.74, 6) is -0.169. The second-order valence-electron chi connectivity index (χ2n) is 6.41. The molecular weight excluding hydrogens is 281 g/mol. The second-order valence-corrected chi connectivity index (χ2v) is 6.41. The summed E-state index contributed by atoms with van der Waals surface area (Å²) in [5, 5.41) is 1.00. The van der Waals surface area contributed by atoms with Crippen LogP contribution in [0, 0.1) is 12.7 Å². The monoisotopic (exact) mass is 303 g/mol. The van der Waals surface area contributed by atoms with E-state index in [4.69, 9.17) is 4.74 Å². The average molecular weight is 303 g/mol. The van der Waals surface area contributed by atoms with Crippen LogP contribution >= 0.6 is 0 Å². The van der Waals surface area contributed by atoms with Crippen LogP contribution in [0.25, 0.3) is 10.9 Å². The van der Waals surface area contributed by atoms with E-state index >= 15 is 0 Å². The predicted octanol–water partition coefficient (Wildman–Crippen LogP) is 2.13. The number of hydrogen-bond donors (Lipinski definition) is 1. The van der Waals surface area contributed by atoms with Gasteiger partial charge in [-0.05, 0) is 30.7 Å². The molecule has 1 N–H and O–H groups in total. The maximum Gasteiger partial charge on any atom is 0.123 e. The van der Waals surface area contributed by atoms with Crippen molar-refractivity contribution < 1.29 is 9.13 Å². The first-order valence-corrected chi connectivity index (χ1v) is 8.01. The highest BCUT2D eigenvalue weighted by molar-refractivity contribution is 5.84. The van der Waals surface area contributed by atoms with Gasteiger partial charge in [-0.1, -0.05) is 0 Å². The molecule has 0 bridgehead atoms. The van der Waals surface area contributed by atoms with Crippen LogP contribution in [-0.2, 0) is 11.3 Å². The molecule has 118 valence electrons. The van der Waals surface area contributed by atoms with Gasteiger partial charge in [0.2, 0.25) is 0 Å². The van der Waals surface area contributed by atoms with Gasteiger partial charge in [0.05, 0.1) is 13.2 Å². The maximum atomic E-state index is 13.4. The Morgan fingerprint density at radius 3 is 2.82 bits per heavy atom. The van der Waals surface area contributed by atoms with E-state index in [1.807, 2.05) is 6.07 Å². The van der Waals surface area contributed by atoms with Gasteiger partial charge in [0.25, 0.3) is 0 Å². The van der Waals surface area contributed by atoms with Gasteiger partial charge in [0, 0.05) is 55.4 Å². The molecule has 0 unspecified atom stereocenters. The van der Waals surface area contributed by atoms with Crippen LogP contribution in [-0.4, -0.2) is 60.2 Å². The summed E-state index contributed by atoms with van der Waals surface area (Å²) in [7, 11) is 0. The van der Waals surface area contributed by atoms with Gasteiger partial charge in [-0.25, -0.2) is 4.39 Å². The Hall–Kier alpha value is -1.43. The highest BCUT2D eigenvalue weighted by Crippen LogP contribution is 2.26. The fourth-order valence-electron chi connectivity index (χ4n) is 3.58. The number of halogens is 1. The number of hydrogen-bond acceptors (Lipinski definition) is 3. The molecular formula is C17H22FN3O. The Labute approximate surface area is 129 Å². The van der Waals surface area contributed by atoms with Crippen molar-refractivity contribution >= 4 is 10.9 Å². The van der Waals surface area contributed by atoms with Crippen molar-refractivity contribution in [1.29, 1.82) is 0 Å². The topological polar surface area (TPSA) is 31.5 Å². The van der Waals surface area contributed by atoms with E-state index in [0.29, 0.717) is 6.04 Å². The largest absolute Gasteiger partial charge is 0.379 e. The molecule has 0 aliphatic carbocycles. The molecule has 2 fully saturated rings. The molecule has 5 heteroatoms. The Balaban J connectivity index is 1.41. The Morgan fingerprint density at radius 2 is 2.05 bits per heavy atom. The van der Waals surface area contributed by atoms with Crippen LogP contribution in [0.3, 0.4) is 0 Å². The summed E-state index contributed by atoms with van der Waals surface area (Å²) in [5.41, 5.74) is 3.41. The maximum absolute atomic E-state index is 13.4. The molecule has 4 nitrogen and oxygen atoms in total. The van der Waals surface area contributed by atoms with Crippen LogP contribution in [0.2, 0.25) is 0 Å². The van der Waals surface area contributed by atoms with Crippen molar-refractivity contribution in [3.8, 4) is 0 Å². The number of nitrogens with zero attached hydrogens (tertiary/aromatic N) is 2. The smallest absolute Gasteiger partial charge is 0.123 e. The third-order valence-corrected chi connectivity index (χ3v) is 5.01. The van der Waals surface area contributed by atoms with Crippen LogP contribution < -0.4 is 0 Å². The molecule has 0 spiro atoms. The lowest BCUT2D eigenvalue weighted by Gasteiger charge is -2.46. The molecule has 3 heterocycles. The number of aryl methyl sites for hydroxylation is 1. The molecule has 1 aromatic carbocycles. The minimum atomic E-state index is -0.169. The van der Waals surface area contributed by atoms with Crippen molar-refractivity contribution in [3.05, 3.63) is 35.3 Å². The number of likely N-dealkylation sites (tertiary alicyclic amines) is 1. The summed E-state index contributed by atoms with van der Waals surface area (Å²) in [4.78, 5) is 8.43. The minimum absolute atomic E-state index is 0.169. The van der Waals surface area contributed by atoms with Crippen LogP contribution in [0.4, 0.5) is 4.39 Å². The number of nitrogens with one attached hydrogen (secondary N) is 1. The Morgan fingerprint density at radius 1 is 1.27 bits per heavy atom. The van der Waals surface area contributed by atoms with Gasteiger partial charge in [0.15, 0.2) is 0 Å². The molecule has 22 heavy (non-hydrogen) atoms. The number of morpholine rings is 1. The summed E-state index contributed by atoms with van der Waals surface area (Å²) >= 11 is 0. The van der Waals surface area contributed by atoms with Gasteiger partial charge >= 0.3 is 0 Å². The molecule has 4 rings (SSSR count). The predicted molar refractivity (Wildman–Crippen MR) is 84.5 cm³/mol. The first-order valence-electron chi connectivity index (χ1n) is 8.01. The normalized spacial score (nSPS) is 21.4. The molecule has 2 aliphatic heterocycles. The second kappa shape index (κ2) is 5.65. The minimum Gasteiger partial charge on any atom is -0.379 e. The lowest BCUT2D eigenvalue weighted by molar-refractivity contribution is -0.0347. The molecule has 0 atom stereocenters. The molecule has 2 saturated heterocycles. The highest BCUT2D eigenvalue weighted by atomic mass is 19.1. The van der Waals surface area contributed by atoms with Gasteiger partial charge < -0.3 is 9.72 Å². The molecule has 0 radical (unpaired) electrons. The average Bonchev–Trinajstić information content (AvgIpc) is 2.80. The first-order chi connectivity index (χ1) is 10.7. The third-order valence-electron chi connectivity index (χ3n) is 5.01. The van der Waals surface area contributed by atoms with E-state index < -0.39 is 0 Å². The van der Waals surface area contributed by atoms with E-state index in [0.717, 1.165) is 56.8 Å². The molecule has 2 aliphatic rings. The molecule has 0 amide bonds. The van der Waals surface area contributed by atoms with Gasteiger partial charge in [0.1, 0.15) is 5.82 Å². The SMILES string of the molecule is Cc1c(CN2CC(N3CCOCC3)C2)[nH]c2ccc(F)cc12. The van der Waals surface area contributed by atoms with E-state index in [1.165, 1.54) is 17.3 Å². The lowest BCUT2D eigenvalue weighted by atomic mass is 10.1. The zero-order chi connectivity index (χ0) is 15.1. The number of aromatic nitrogens is 1. The van der Waals surface area contributed by atoms with Crippen molar-refractivity contribution in [2.75, 3.05) is 39.4 Å². The van der Waals surface area contributed by atoms with E-state index in [2.05, 4.69) is 21.7 Å². The Kier molecular flexibility index (Phi) is 3.64. The van der Waals surface area contributed by atoms with Crippen molar-refractivity contribution in [1.82, 2.24) is 14.8 Å². The summed E-state index contributed by atoms with van der Waals surface area (Å²) in [6.45, 7) is 9.07. The van der Waals surface area contributed by atoms with Crippen molar-refractivity contribution in [2.24, 2.45) is 0 Å². The number of ether oxygens (including phenoxy) is 1. The number of fused-ring (bicyclic) bond motifs is 1. The van der Waals surface area contributed by atoms with Crippen molar-refractivity contribution in [2.45, 2.75) is 19.5 Å². The molecule has 2 aromatic rings. The fourth-order valence-corrected chi connectivity index (χ4v) is 3.58. The van der Waals surface area contributed by atoms with E-state index in [-0.39, 0.29) is 5.82 Å². The highest BCUT2D eigenvalue weighted by Gasteiger charge is 2.32. The summed E-state index contributed by atoms with van der Waals surface area (Å²) < 4.78 is 18.8. The van der Waals surface area contributed by atoms with Gasteiger partial charge in [-0.15, -0.1) is 0 Å². The Bertz CT molecular complexity index is 672. The van der Waals surface area contributed by atoms with E-state index in [1.54, 1.807) is 6.07 Å². The quantitative estimate of drug-likeness (QED) is 0.942. The lowest BCUT2D eigenvalue weighted by Crippen LogP contribution is -2.60. The number of benzene rings is 1. The number of aromatic amines is 1. The standard InChI is InChI=1S/C17H22FN3O/c1-12-15-8-13(18)2-3-16(15)19-17(12)11-20-9-14(10-20)21-4-6-22-7-5-21/h2-3,8,14,19H,4-7,9-11H2,1H3. The summed E-state index contributed by atoms with van der Waals surface area (Å²) in [6, 6.07) is 5.64. The van der Waals surface area contributed by atoms with Crippen LogP contribution in [0.15, 0.2) is 18.2 Å². The first kappa shape index (κ1) is 14.2. The van der Waals surface area contributed by atoms with Crippen LogP contribution in [0.5, 0.6) is 0 Å². The third kappa shape index (κ3) is 2.53.